The molecule has 0 rings (SSSR count). The highest BCUT2D eigenvalue weighted by Crippen LogP contribution is 2.14. The van der Waals surface area contributed by atoms with Gasteiger partial charge in [-0.25, -0.2) is 4.79 Å². The molecule has 0 fully saturated rings. The summed E-state index contributed by atoms with van der Waals surface area (Å²) in [6.45, 7) is 10.1. The highest BCUT2D eigenvalue weighted by molar-refractivity contribution is 5.83. The summed E-state index contributed by atoms with van der Waals surface area (Å²) in [4.78, 5) is 34.4. The largest absolute Gasteiger partial charge is 0.513 e. The van der Waals surface area contributed by atoms with Crippen molar-refractivity contribution in [1.82, 2.24) is 10.6 Å². The number of carbonyl (C=O) groups excluding carboxylic acids is 2. The lowest BCUT2D eigenvalue weighted by molar-refractivity contribution is -0.142. The maximum atomic E-state index is 12.2. The molecule has 0 aromatic heterocycles. The molecule has 214 valence electrons. The first-order valence-corrected chi connectivity index (χ1v) is 14.5. The zero-order valence-corrected chi connectivity index (χ0v) is 23.4. The van der Waals surface area contributed by atoms with E-state index in [-0.39, 0.29) is 11.8 Å². The third-order valence-corrected chi connectivity index (χ3v) is 6.68. The van der Waals surface area contributed by atoms with Gasteiger partial charge in [0.1, 0.15) is 12.3 Å². The van der Waals surface area contributed by atoms with Gasteiger partial charge in [0.25, 0.3) is 0 Å². The van der Waals surface area contributed by atoms with Crippen LogP contribution in [-0.4, -0.2) is 41.0 Å². The number of nitrogens with one attached hydrogen (secondary N) is 2. The van der Waals surface area contributed by atoms with Crippen LogP contribution in [0.4, 0.5) is 0 Å². The fourth-order valence-electron chi connectivity index (χ4n) is 4.24. The van der Waals surface area contributed by atoms with Crippen molar-refractivity contribution in [3.05, 3.63) is 24.6 Å². The van der Waals surface area contributed by atoms with Crippen LogP contribution in [0.5, 0.6) is 0 Å². The fraction of sp³-hybridized carbons (Fsp3) is 0.767. The van der Waals surface area contributed by atoms with Crippen molar-refractivity contribution in [3.63, 3.8) is 0 Å². The number of aliphatic carboxylic acids is 1. The van der Waals surface area contributed by atoms with Crippen LogP contribution in [0.2, 0.25) is 0 Å². The molecule has 7 nitrogen and oxygen atoms in total. The van der Waals surface area contributed by atoms with Crippen molar-refractivity contribution >= 4 is 18.2 Å². The zero-order valence-electron chi connectivity index (χ0n) is 23.4. The third kappa shape index (κ3) is 23.8. The average Bonchev–Trinajstić information content (AvgIpc) is 2.85. The van der Waals surface area contributed by atoms with E-state index in [9.17, 15) is 19.5 Å². The van der Waals surface area contributed by atoms with Gasteiger partial charge in [-0.2, -0.15) is 0 Å². The summed E-state index contributed by atoms with van der Waals surface area (Å²) in [5, 5.41) is 24.4. The minimum Gasteiger partial charge on any atom is -0.513 e. The van der Waals surface area contributed by atoms with E-state index < -0.39 is 12.0 Å². The molecule has 0 heterocycles. The standard InChI is InChI=1S/C30H54N2O5/c1-25(24-33)18-16-17-23-31-26(2)21-22-28(30(36)37)32-29(35)20-15-13-11-9-7-5-4-6-8-10-12-14-19-27(3)34/h24-25,28,31,34H,2-23H2,1H3,(H,32,35)(H,36,37)/t25-,28-/m0/s1. The van der Waals surface area contributed by atoms with Crippen LogP contribution in [-0.2, 0) is 14.4 Å². The first-order chi connectivity index (χ1) is 17.8. The lowest BCUT2D eigenvalue weighted by atomic mass is 10.0. The number of carbonyl (C=O) groups is 3. The number of carboxylic acid groups (broad SMARTS) is 1. The summed E-state index contributed by atoms with van der Waals surface area (Å²) in [5.74, 6) is -0.829. The Bertz CT molecular complexity index is 650. The Hall–Kier alpha value is -2.31. The van der Waals surface area contributed by atoms with E-state index in [1.807, 2.05) is 6.92 Å². The molecular formula is C30H54N2O5. The van der Waals surface area contributed by atoms with E-state index in [2.05, 4.69) is 23.8 Å². The van der Waals surface area contributed by atoms with Crippen molar-refractivity contribution in [3.8, 4) is 0 Å². The van der Waals surface area contributed by atoms with Crippen LogP contribution in [0.25, 0.3) is 0 Å². The number of hydrogen-bond acceptors (Lipinski definition) is 5. The summed E-state index contributed by atoms with van der Waals surface area (Å²) < 4.78 is 0. The summed E-state index contributed by atoms with van der Waals surface area (Å²) in [5.41, 5.74) is 0.772. The fourth-order valence-corrected chi connectivity index (χ4v) is 4.24. The third-order valence-electron chi connectivity index (χ3n) is 6.68. The second kappa shape index (κ2) is 24.1. The maximum absolute atomic E-state index is 12.2. The number of amides is 1. The van der Waals surface area contributed by atoms with Gasteiger partial charge >= 0.3 is 5.97 Å². The Morgan fingerprint density at radius 2 is 1.24 bits per heavy atom. The molecule has 0 bridgehead atoms. The molecule has 0 aromatic rings. The van der Waals surface area contributed by atoms with Crippen molar-refractivity contribution in [1.29, 1.82) is 0 Å². The lowest BCUT2D eigenvalue weighted by Gasteiger charge is -2.16. The van der Waals surface area contributed by atoms with Gasteiger partial charge in [-0.15, -0.1) is 0 Å². The monoisotopic (exact) mass is 522 g/mol. The highest BCUT2D eigenvalue weighted by atomic mass is 16.4. The molecule has 0 aliphatic carbocycles. The van der Waals surface area contributed by atoms with Gasteiger partial charge in [-0.3, -0.25) is 4.79 Å². The summed E-state index contributed by atoms with van der Waals surface area (Å²) in [7, 11) is 0. The number of carboxylic acids is 1. The molecular weight excluding hydrogens is 468 g/mol. The van der Waals surface area contributed by atoms with E-state index >= 15 is 0 Å². The van der Waals surface area contributed by atoms with Crippen LogP contribution in [0.3, 0.4) is 0 Å². The number of unbranched alkanes of at least 4 members (excludes halogenated alkanes) is 12. The Morgan fingerprint density at radius 1 is 0.730 bits per heavy atom. The maximum Gasteiger partial charge on any atom is 0.326 e. The van der Waals surface area contributed by atoms with E-state index in [0.29, 0.717) is 25.0 Å². The second-order valence-electron chi connectivity index (χ2n) is 10.4. The molecule has 0 aliphatic heterocycles. The van der Waals surface area contributed by atoms with Gasteiger partial charge in [0, 0.05) is 31.0 Å². The van der Waals surface area contributed by atoms with Crippen LogP contribution in [0, 0.1) is 5.92 Å². The quantitative estimate of drug-likeness (QED) is 0.0525. The van der Waals surface area contributed by atoms with Crippen molar-refractivity contribution in [2.24, 2.45) is 5.92 Å². The number of aldehydes is 1. The Balaban J connectivity index is 3.72. The molecule has 0 aromatic carbocycles. The Kier molecular flexibility index (Phi) is 22.5. The predicted molar refractivity (Wildman–Crippen MR) is 151 cm³/mol. The van der Waals surface area contributed by atoms with E-state index in [1.165, 1.54) is 44.9 Å². The summed E-state index contributed by atoms with van der Waals surface area (Å²) in [6, 6.07) is -0.895. The Labute approximate surface area is 225 Å². The smallest absolute Gasteiger partial charge is 0.326 e. The number of hydrogen-bond donors (Lipinski definition) is 4. The minimum absolute atomic E-state index is 0.0876. The molecule has 7 heteroatoms. The summed E-state index contributed by atoms with van der Waals surface area (Å²) >= 11 is 0. The van der Waals surface area contributed by atoms with Crippen molar-refractivity contribution in [2.75, 3.05) is 6.54 Å². The molecule has 0 unspecified atom stereocenters. The van der Waals surface area contributed by atoms with E-state index in [0.717, 1.165) is 76.3 Å². The molecule has 1 amide bonds. The first kappa shape index (κ1) is 34.7. The second-order valence-corrected chi connectivity index (χ2v) is 10.4. The van der Waals surface area contributed by atoms with Gasteiger partial charge in [-0.05, 0) is 38.5 Å². The number of aliphatic hydroxyl groups excluding tert-OH is 1. The molecule has 4 N–H and O–H groups in total. The lowest BCUT2D eigenvalue weighted by Crippen LogP contribution is -2.40. The molecule has 0 saturated carbocycles. The first-order valence-electron chi connectivity index (χ1n) is 14.5. The van der Waals surface area contributed by atoms with E-state index in [4.69, 9.17) is 5.11 Å². The molecule has 0 spiro atoms. The topological polar surface area (TPSA) is 116 Å². The van der Waals surface area contributed by atoms with Gasteiger partial charge in [0.15, 0.2) is 0 Å². The Morgan fingerprint density at radius 3 is 1.73 bits per heavy atom. The highest BCUT2D eigenvalue weighted by Gasteiger charge is 2.19. The minimum atomic E-state index is -1.01. The number of aliphatic hydroxyl groups is 1. The van der Waals surface area contributed by atoms with E-state index in [1.54, 1.807) is 0 Å². The molecule has 37 heavy (non-hydrogen) atoms. The SMILES string of the molecule is C=C(O)CCCCCCCCCCCCCCC(=O)N[C@@H](CCC(=C)NCCCC[C@H](C)C=O)C(=O)O. The molecule has 0 saturated heterocycles. The summed E-state index contributed by atoms with van der Waals surface area (Å²) in [6.07, 6.45) is 19.4. The van der Waals surface area contributed by atoms with Crippen molar-refractivity contribution < 1.29 is 24.6 Å². The van der Waals surface area contributed by atoms with Crippen LogP contribution < -0.4 is 10.6 Å². The van der Waals surface area contributed by atoms with Gasteiger partial charge < -0.3 is 25.6 Å². The zero-order chi connectivity index (χ0) is 27.7. The van der Waals surface area contributed by atoms with Crippen LogP contribution in [0.1, 0.15) is 129 Å². The van der Waals surface area contributed by atoms with Gasteiger partial charge in [-0.1, -0.05) is 90.7 Å². The van der Waals surface area contributed by atoms with Gasteiger partial charge in [0.05, 0.1) is 5.76 Å². The average molecular weight is 523 g/mol. The van der Waals surface area contributed by atoms with Crippen LogP contribution in [0.15, 0.2) is 24.6 Å². The normalized spacial score (nSPS) is 12.5. The molecule has 0 radical (unpaired) electrons. The molecule has 0 aliphatic rings. The molecule has 2 atom stereocenters. The van der Waals surface area contributed by atoms with Gasteiger partial charge in [0.2, 0.25) is 5.91 Å². The van der Waals surface area contributed by atoms with Crippen LogP contribution >= 0.6 is 0 Å². The van der Waals surface area contributed by atoms with Crippen molar-refractivity contribution in [2.45, 2.75) is 135 Å². The number of rotatable bonds is 27. The number of allylic oxidation sites excluding steroid dienone is 2. The predicted octanol–water partition coefficient (Wildman–Crippen LogP) is 6.98.